The van der Waals surface area contributed by atoms with Crippen molar-refractivity contribution in [3.05, 3.63) is 89.2 Å². The van der Waals surface area contributed by atoms with E-state index in [-0.39, 0.29) is 0 Å². The number of rotatable bonds is 3. The molecule has 4 rings (SSSR count). The Morgan fingerprint density at radius 1 is 0.926 bits per heavy atom. The quantitative estimate of drug-likeness (QED) is 0.775. The highest BCUT2D eigenvalue weighted by Crippen LogP contribution is 2.27. The van der Waals surface area contributed by atoms with Crippen LogP contribution in [0.4, 0.5) is 11.4 Å². The normalized spacial score (nSPS) is 13.0. The van der Waals surface area contributed by atoms with Gasteiger partial charge < -0.3 is 4.90 Å². The topological polar surface area (TPSA) is 52.9 Å². The van der Waals surface area contributed by atoms with Gasteiger partial charge in [0.05, 0.1) is 11.4 Å². The van der Waals surface area contributed by atoms with Crippen LogP contribution < -0.4 is 10.3 Å². The van der Waals surface area contributed by atoms with Crippen LogP contribution in [0.2, 0.25) is 0 Å². The predicted octanol–water partition coefficient (Wildman–Crippen LogP) is 3.89. The monoisotopic (exact) mass is 355 g/mol. The van der Waals surface area contributed by atoms with Gasteiger partial charge in [0.15, 0.2) is 5.84 Å². The number of anilines is 1. The molecular weight excluding hydrogens is 334 g/mol. The van der Waals surface area contributed by atoms with Gasteiger partial charge >= 0.3 is 0 Å². The molecule has 0 radical (unpaired) electrons. The molecule has 3 aromatic rings. The van der Waals surface area contributed by atoms with Crippen LogP contribution in [0, 0.1) is 6.92 Å². The number of amidine groups is 1. The standard InChI is InChI=1S/C22H21N5/c1-15-6-11-20-19(13-15)21(16-7-9-18(10-8-16)27(2)3)25-26-22(24-20)17-5-4-12-23-14-17/h4-14H,1-3H3,(H,24,26). The van der Waals surface area contributed by atoms with Crippen LogP contribution >= 0.6 is 0 Å². The molecule has 0 amide bonds. The molecule has 27 heavy (non-hydrogen) atoms. The summed E-state index contributed by atoms with van der Waals surface area (Å²) in [6.07, 6.45) is 3.53. The number of pyridine rings is 1. The summed E-state index contributed by atoms with van der Waals surface area (Å²) in [5.74, 6) is 0.688. The van der Waals surface area contributed by atoms with Crippen LogP contribution in [0.1, 0.15) is 22.3 Å². The van der Waals surface area contributed by atoms with E-state index in [2.05, 4.69) is 58.6 Å². The van der Waals surface area contributed by atoms with Crippen molar-refractivity contribution >= 4 is 22.9 Å². The van der Waals surface area contributed by atoms with E-state index in [1.807, 2.05) is 32.3 Å². The minimum Gasteiger partial charge on any atom is -0.378 e. The van der Waals surface area contributed by atoms with E-state index < -0.39 is 0 Å². The molecule has 0 atom stereocenters. The van der Waals surface area contributed by atoms with Gasteiger partial charge in [0.25, 0.3) is 0 Å². The Balaban J connectivity index is 1.82. The summed E-state index contributed by atoms with van der Waals surface area (Å²) in [7, 11) is 4.07. The molecule has 0 fully saturated rings. The van der Waals surface area contributed by atoms with Gasteiger partial charge in [0.1, 0.15) is 0 Å². The van der Waals surface area contributed by atoms with Crippen LogP contribution in [0.25, 0.3) is 0 Å². The Labute approximate surface area is 159 Å². The molecule has 5 heteroatoms. The van der Waals surface area contributed by atoms with Crippen molar-refractivity contribution in [3.63, 3.8) is 0 Å². The molecule has 0 aliphatic carbocycles. The zero-order valence-corrected chi connectivity index (χ0v) is 15.6. The van der Waals surface area contributed by atoms with Crippen molar-refractivity contribution in [2.24, 2.45) is 10.1 Å². The molecule has 0 bridgehead atoms. The lowest BCUT2D eigenvalue weighted by Crippen LogP contribution is -2.19. The fourth-order valence-corrected chi connectivity index (χ4v) is 3.02. The number of nitrogens with one attached hydrogen (secondary N) is 1. The Bertz CT molecular complexity index is 1020. The average Bonchev–Trinajstić information content (AvgIpc) is 2.88. The Hall–Kier alpha value is -3.47. The van der Waals surface area contributed by atoms with Gasteiger partial charge in [-0.3, -0.25) is 10.4 Å². The molecule has 0 saturated carbocycles. The first-order chi connectivity index (χ1) is 13.1. The summed E-state index contributed by atoms with van der Waals surface area (Å²) in [4.78, 5) is 11.1. The second kappa shape index (κ2) is 7.03. The fourth-order valence-electron chi connectivity index (χ4n) is 3.02. The van der Waals surface area contributed by atoms with Gasteiger partial charge in [-0.15, -0.1) is 0 Å². The zero-order valence-electron chi connectivity index (χ0n) is 15.6. The number of hydrogen-bond donors (Lipinski definition) is 1. The van der Waals surface area contributed by atoms with E-state index in [0.29, 0.717) is 5.84 Å². The molecule has 1 aliphatic heterocycles. The minimum absolute atomic E-state index is 0.688. The highest BCUT2D eigenvalue weighted by atomic mass is 15.3. The molecule has 0 spiro atoms. The third-order valence-electron chi connectivity index (χ3n) is 4.51. The van der Waals surface area contributed by atoms with Crippen molar-refractivity contribution in [1.82, 2.24) is 10.4 Å². The minimum atomic E-state index is 0.688. The third kappa shape index (κ3) is 3.44. The van der Waals surface area contributed by atoms with Gasteiger partial charge in [-0.05, 0) is 43.3 Å². The van der Waals surface area contributed by atoms with Crippen molar-refractivity contribution < 1.29 is 0 Å². The zero-order chi connectivity index (χ0) is 18.8. The highest BCUT2D eigenvalue weighted by Gasteiger charge is 2.17. The molecule has 0 saturated heterocycles. The number of fused-ring (bicyclic) bond motifs is 1. The third-order valence-corrected chi connectivity index (χ3v) is 4.51. The van der Waals surface area contributed by atoms with E-state index >= 15 is 0 Å². The molecule has 2 heterocycles. The van der Waals surface area contributed by atoms with E-state index in [4.69, 9.17) is 10.1 Å². The lowest BCUT2D eigenvalue weighted by molar-refractivity contribution is 1.03. The summed E-state index contributed by atoms with van der Waals surface area (Å²) in [5, 5.41) is 4.70. The van der Waals surface area contributed by atoms with Crippen LogP contribution in [0.15, 0.2) is 77.1 Å². The maximum atomic E-state index is 4.81. The summed E-state index contributed by atoms with van der Waals surface area (Å²) in [6.45, 7) is 2.08. The second-order valence-electron chi connectivity index (χ2n) is 6.74. The van der Waals surface area contributed by atoms with E-state index in [0.717, 1.165) is 33.8 Å². The fraction of sp³-hybridized carbons (Fsp3) is 0.136. The first-order valence-electron chi connectivity index (χ1n) is 8.83. The van der Waals surface area contributed by atoms with Crippen LogP contribution in [0.3, 0.4) is 0 Å². The molecule has 1 aliphatic rings. The molecular formula is C22H21N5. The second-order valence-corrected chi connectivity index (χ2v) is 6.74. The number of aromatic nitrogens is 1. The summed E-state index contributed by atoms with van der Waals surface area (Å²) >= 11 is 0. The van der Waals surface area contributed by atoms with E-state index in [1.165, 1.54) is 5.56 Å². The molecule has 134 valence electrons. The summed E-state index contributed by atoms with van der Waals surface area (Å²) in [5.41, 5.74) is 10.2. The SMILES string of the molecule is Cc1ccc2c(c1)C(c1ccc(N(C)C)cc1)=NNC(c1cccnc1)=N2. The van der Waals surface area contributed by atoms with Gasteiger partial charge in [0, 0.05) is 48.9 Å². The number of nitrogens with zero attached hydrogens (tertiary/aromatic N) is 4. The first kappa shape index (κ1) is 17.0. The summed E-state index contributed by atoms with van der Waals surface area (Å²) < 4.78 is 0. The predicted molar refractivity (Wildman–Crippen MR) is 111 cm³/mol. The van der Waals surface area contributed by atoms with E-state index in [9.17, 15) is 0 Å². The van der Waals surface area contributed by atoms with Crippen molar-refractivity contribution in [1.29, 1.82) is 0 Å². The molecule has 0 unspecified atom stereocenters. The van der Waals surface area contributed by atoms with E-state index in [1.54, 1.807) is 12.4 Å². The molecule has 5 nitrogen and oxygen atoms in total. The van der Waals surface area contributed by atoms with Crippen LogP contribution in [-0.4, -0.2) is 30.6 Å². The van der Waals surface area contributed by atoms with Gasteiger partial charge in [-0.25, -0.2) is 4.99 Å². The molecule has 1 aromatic heterocycles. The number of hydrogen-bond acceptors (Lipinski definition) is 5. The first-order valence-corrected chi connectivity index (χ1v) is 8.83. The van der Waals surface area contributed by atoms with Crippen molar-refractivity contribution in [2.75, 3.05) is 19.0 Å². The number of aryl methyl sites for hydroxylation is 1. The van der Waals surface area contributed by atoms with Crippen molar-refractivity contribution in [3.8, 4) is 0 Å². The Morgan fingerprint density at radius 2 is 1.74 bits per heavy atom. The number of hydrazone groups is 1. The largest absolute Gasteiger partial charge is 0.378 e. The maximum Gasteiger partial charge on any atom is 0.155 e. The van der Waals surface area contributed by atoms with Crippen LogP contribution in [-0.2, 0) is 0 Å². The lowest BCUT2D eigenvalue weighted by Gasteiger charge is -2.14. The smallest absolute Gasteiger partial charge is 0.155 e. The lowest BCUT2D eigenvalue weighted by atomic mass is 9.99. The van der Waals surface area contributed by atoms with Crippen LogP contribution in [0.5, 0.6) is 0 Å². The maximum absolute atomic E-state index is 4.81. The number of aliphatic imine (C=N–C) groups is 1. The average molecular weight is 355 g/mol. The molecule has 1 N–H and O–H groups in total. The molecule has 2 aromatic carbocycles. The van der Waals surface area contributed by atoms with Crippen molar-refractivity contribution in [2.45, 2.75) is 6.92 Å². The summed E-state index contributed by atoms with van der Waals surface area (Å²) in [6, 6.07) is 18.5. The Morgan fingerprint density at radius 3 is 2.44 bits per heavy atom. The highest BCUT2D eigenvalue weighted by molar-refractivity contribution is 6.18. The van der Waals surface area contributed by atoms with Gasteiger partial charge in [-0.2, -0.15) is 5.10 Å². The van der Waals surface area contributed by atoms with Gasteiger partial charge in [0.2, 0.25) is 0 Å². The Kier molecular flexibility index (Phi) is 4.42. The number of benzene rings is 2. The van der Waals surface area contributed by atoms with Gasteiger partial charge in [-0.1, -0.05) is 23.8 Å².